The Hall–Kier alpha value is -0.610. The molecule has 1 fully saturated rings. The first-order valence-electron chi connectivity index (χ1n) is 3.33. The largest absolute Gasteiger partial charge is 0.394 e. The van der Waals surface area contributed by atoms with Crippen LogP contribution in [-0.2, 0) is 9.57 Å². The molecule has 1 saturated heterocycles. The Morgan fingerprint density at radius 2 is 2.20 bits per heavy atom. The summed E-state index contributed by atoms with van der Waals surface area (Å²) in [5.74, 6) is 0. The smallest absolute Gasteiger partial charge is 0.196 e. The number of hydroxylamine groups is 2. The Morgan fingerprint density at radius 3 is 2.80 bits per heavy atom. The third-order valence-corrected chi connectivity index (χ3v) is 1.27. The molecule has 0 N–H and O–H groups in total. The van der Waals surface area contributed by atoms with Crippen LogP contribution in [0.1, 0.15) is 0 Å². The van der Waals surface area contributed by atoms with Crippen molar-refractivity contribution in [3.8, 4) is 0 Å². The Morgan fingerprint density at radius 1 is 1.50 bits per heavy atom. The highest BCUT2D eigenvalue weighted by Gasteiger charge is 2.08. The lowest BCUT2D eigenvalue weighted by atomic mass is 10.5. The maximum absolute atomic E-state index is 5.11. The van der Waals surface area contributed by atoms with Crippen molar-refractivity contribution in [3.05, 3.63) is 0 Å². The minimum absolute atomic E-state index is 0.748. The summed E-state index contributed by atoms with van der Waals surface area (Å²) in [4.78, 5) is 8.79. The SMILES string of the molecule is CN=CON1CCOCC1. The molecule has 0 aromatic carbocycles. The third-order valence-electron chi connectivity index (χ3n) is 1.27. The van der Waals surface area contributed by atoms with E-state index in [4.69, 9.17) is 9.57 Å². The molecule has 0 saturated carbocycles. The van der Waals surface area contributed by atoms with E-state index in [0.717, 1.165) is 26.3 Å². The summed E-state index contributed by atoms with van der Waals surface area (Å²) in [5.41, 5.74) is 0. The third kappa shape index (κ3) is 2.33. The van der Waals surface area contributed by atoms with Gasteiger partial charge in [-0.1, -0.05) is 0 Å². The summed E-state index contributed by atoms with van der Waals surface area (Å²) in [6, 6.07) is 0. The van der Waals surface area contributed by atoms with Crippen LogP contribution in [0.15, 0.2) is 4.99 Å². The van der Waals surface area contributed by atoms with Gasteiger partial charge in [-0.2, -0.15) is 0 Å². The van der Waals surface area contributed by atoms with E-state index in [1.165, 1.54) is 6.40 Å². The number of ether oxygens (including phenoxy) is 1. The first kappa shape index (κ1) is 7.50. The Balaban J connectivity index is 2.13. The molecule has 0 amide bonds. The van der Waals surface area contributed by atoms with Crippen LogP contribution in [-0.4, -0.2) is 44.8 Å². The average molecular weight is 144 g/mol. The highest BCUT2D eigenvalue weighted by molar-refractivity contribution is 5.45. The number of hydrogen-bond donors (Lipinski definition) is 0. The number of morpholine rings is 1. The quantitative estimate of drug-likeness (QED) is 0.401. The van der Waals surface area contributed by atoms with Gasteiger partial charge in [0.15, 0.2) is 6.40 Å². The van der Waals surface area contributed by atoms with E-state index >= 15 is 0 Å². The monoisotopic (exact) mass is 144 g/mol. The highest BCUT2D eigenvalue weighted by Crippen LogP contribution is 1.94. The predicted octanol–water partition coefficient (Wildman–Crippen LogP) is -0.0917. The van der Waals surface area contributed by atoms with Gasteiger partial charge in [-0.15, -0.1) is 5.06 Å². The maximum atomic E-state index is 5.11. The van der Waals surface area contributed by atoms with Crippen LogP contribution in [0.4, 0.5) is 0 Å². The summed E-state index contributed by atoms with van der Waals surface area (Å²) in [7, 11) is 1.68. The number of nitrogens with zero attached hydrogens (tertiary/aromatic N) is 2. The van der Waals surface area contributed by atoms with E-state index in [2.05, 4.69) is 4.99 Å². The van der Waals surface area contributed by atoms with Crippen LogP contribution in [0.2, 0.25) is 0 Å². The number of hydrogen-bond acceptors (Lipinski definition) is 4. The van der Waals surface area contributed by atoms with Crippen molar-refractivity contribution >= 4 is 6.40 Å². The minimum atomic E-state index is 0.748. The fraction of sp³-hybridized carbons (Fsp3) is 0.833. The van der Waals surface area contributed by atoms with Gasteiger partial charge in [-0.3, -0.25) is 4.99 Å². The molecule has 0 spiro atoms. The molecule has 1 aliphatic heterocycles. The Labute approximate surface area is 60.4 Å². The van der Waals surface area contributed by atoms with Crippen LogP contribution >= 0.6 is 0 Å². The number of aliphatic imine (C=N–C) groups is 1. The van der Waals surface area contributed by atoms with Gasteiger partial charge in [0, 0.05) is 7.05 Å². The standard InChI is InChI=1S/C6H12N2O2/c1-7-6-10-8-2-4-9-5-3-8/h6H,2-5H2,1H3. The van der Waals surface area contributed by atoms with E-state index < -0.39 is 0 Å². The van der Waals surface area contributed by atoms with Crippen LogP contribution in [0.25, 0.3) is 0 Å². The number of rotatable bonds is 2. The van der Waals surface area contributed by atoms with Crippen molar-refractivity contribution < 1.29 is 9.57 Å². The van der Waals surface area contributed by atoms with Crippen molar-refractivity contribution in [2.24, 2.45) is 4.99 Å². The van der Waals surface area contributed by atoms with Crippen LogP contribution in [0.3, 0.4) is 0 Å². The van der Waals surface area contributed by atoms with Crippen molar-refractivity contribution in [1.82, 2.24) is 5.06 Å². The van der Waals surface area contributed by atoms with Gasteiger partial charge in [-0.25, -0.2) is 0 Å². The molecule has 0 aromatic rings. The lowest BCUT2D eigenvalue weighted by molar-refractivity contribution is -0.124. The molecule has 0 aliphatic carbocycles. The molecular weight excluding hydrogens is 132 g/mol. The van der Waals surface area contributed by atoms with Crippen molar-refractivity contribution in [1.29, 1.82) is 0 Å². The molecule has 0 aromatic heterocycles. The van der Waals surface area contributed by atoms with E-state index in [1.807, 2.05) is 5.06 Å². The zero-order valence-electron chi connectivity index (χ0n) is 6.12. The van der Waals surface area contributed by atoms with Gasteiger partial charge < -0.3 is 9.57 Å². The fourth-order valence-electron chi connectivity index (χ4n) is 0.766. The molecule has 0 atom stereocenters. The van der Waals surface area contributed by atoms with E-state index in [1.54, 1.807) is 7.05 Å². The van der Waals surface area contributed by atoms with Crippen molar-refractivity contribution in [3.63, 3.8) is 0 Å². The van der Waals surface area contributed by atoms with Gasteiger partial charge in [0.2, 0.25) is 0 Å². The molecular formula is C6H12N2O2. The maximum Gasteiger partial charge on any atom is 0.196 e. The van der Waals surface area contributed by atoms with Crippen LogP contribution < -0.4 is 0 Å². The highest BCUT2D eigenvalue weighted by atomic mass is 16.7. The molecule has 58 valence electrons. The van der Waals surface area contributed by atoms with E-state index in [0.29, 0.717) is 0 Å². The van der Waals surface area contributed by atoms with Gasteiger partial charge in [0.25, 0.3) is 0 Å². The molecule has 10 heavy (non-hydrogen) atoms. The molecule has 1 heterocycles. The lowest BCUT2D eigenvalue weighted by Gasteiger charge is -2.23. The second kappa shape index (κ2) is 4.24. The second-order valence-electron chi connectivity index (χ2n) is 2.01. The summed E-state index contributed by atoms with van der Waals surface area (Å²) in [6.45, 7) is 3.15. The van der Waals surface area contributed by atoms with Gasteiger partial charge >= 0.3 is 0 Å². The molecule has 1 aliphatic rings. The van der Waals surface area contributed by atoms with Crippen LogP contribution in [0, 0.1) is 0 Å². The van der Waals surface area contributed by atoms with E-state index in [-0.39, 0.29) is 0 Å². The molecule has 0 unspecified atom stereocenters. The first-order valence-corrected chi connectivity index (χ1v) is 3.33. The minimum Gasteiger partial charge on any atom is -0.394 e. The molecule has 4 nitrogen and oxygen atoms in total. The van der Waals surface area contributed by atoms with Crippen molar-refractivity contribution in [2.45, 2.75) is 0 Å². The molecule has 0 radical (unpaired) electrons. The van der Waals surface area contributed by atoms with Gasteiger partial charge in [-0.05, 0) is 0 Å². The molecule has 4 heteroatoms. The average Bonchev–Trinajstić information content (AvgIpc) is 2.03. The second-order valence-corrected chi connectivity index (χ2v) is 2.01. The summed E-state index contributed by atoms with van der Waals surface area (Å²) >= 11 is 0. The first-order chi connectivity index (χ1) is 4.93. The van der Waals surface area contributed by atoms with E-state index in [9.17, 15) is 0 Å². The lowest BCUT2D eigenvalue weighted by Crippen LogP contribution is -2.35. The predicted molar refractivity (Wildman–Crippen MR) is 37.9 cm³/mol. The van der Waals surface area contributed by atoms with Crippen molar-refractivity contribution in [2.75, 3.05) is 33.4 Å². The Bertz CT molecular complexity index is 110. The normalized spacial score (nSPS) is 21.7. The fourth-order valence-corrected chi connectivity index (χ4v) is 0.766. The summed E-state index contributed by atoms with van der Waals surface area (Å²) in [6.07, 6.45) is 1.44. The topological polar surface area (TPSA) is 34.1 Å². The van der Waals surface area contributed by atoms with Gasteiger partial charge in [0.05, 0.1) is 26.3 Å². The summed E-state index contributed by atoms with van der Waals surface area (Å²) in [5, 5.41) is 1.83. The summed E-state index contributed by atoms with van der Waals surface area (Å²) < 4.78 is 5.11. The zero-order chi connectivity index (χ0) is 7.23. The van der Waals surface area contributed by atoms with Gasteiger partial charge in [0.1, 0.15) is 0 Å². The molecule has 1 rings (SSSR count). The van der Waals surface area contributed by atoms with Crippen LogP contribution in [0.5, 0.6) is 0 Å². The zero-order valence-corrected chi connectivity index (χ0v) is 6.12. The molecule has 0 bridgehead atoms. The Kier molecular flexibility index (Phi) is 3.18.